The van der Waals surface area contributed by atoms with Gasteiger partial charge >= 0.3 is 0 Å². The lowest BCUT2D eigenvalue weighted by atomic mass is 10.2. The van der Waals surface area contributed by atoms with Crippen LogP contribution in [-0.2, 0) is 0 Å². The maximum atomic E-state index is 5.15. The summed E-state index contributed by atoms with van der Waals surface area (Å²) < 4.78 is 10.3. The van der Waals surface area contributed by atoms with Crippen LogP contribution < -0.4 is 0 Å². The highest BCUT2D eigenvalue weighted by Gasteiger charge is 2.09. The van der Waals surface area contributed by atoms with E-state index in [-0.39, 0.29) is 0 Å². The first-order valence-electron chi connectivity index (χ1n) is 6.02. The number of benzene rings is 2. The van der Waals surface area contributed by atoms with Crippen LogP contribution in [0.5, 0.6) is 0 Å². The fourth-order valence-corrected chi connectivity index (χ4v) is 1.99. The Morgan fingerprint density at radius 2 is 1.10 bits per heavy atom. The highest BCUT2D eigenvalue weighted by atomic mass is 16.5. The molecule has 0 bridgehead atoms. The van der Waals surface area contributed by atoms with Crippen molar-refractivity contribution in [3.05, 3.63) is 48.5 Å². The van der Waals surface area contributed by atoms with Crippen molar-refractivity contribution >= 4 is 33.6 Å². The summed E-state index contributed by atoms with van der Waals surface area (Å²) >= 11 is 0. The van der Waals surface area contributed by atoms with Crippen molar-refractivity contribution in [1.29, 1.82) is 0 Å². The minimum absolute atomic E-state index is 0.348. The van der Waals surface area contributed by atoms with Gasteiger partial charge in [-0.05, 0) is 24.3 Å². The molecule has 0 N–H and O–H groups in total. The maximum absolute atomic E-state index is 5.15. The molecule has 0 aliphatic carbocycles. The number of rotatable bonds is 2. The Labute approximate surface area is 112 Å². The molecule has 0 amide bonds. The van der Waals surface area contributed by atoms with E-state index in [9.17, 15) is 0 Å². The largest absolute Gasteiger partial charge is 0.334 e. The van der Waals surface area contributed by atoms with Crippen LogP contribution in [0.25, 0.3) is 21.8 Å². The smallest absolute Gasteiger partial charge is 0.277 e. The molecule has 2 aromatic heterocycles. The molecule has 4 aromatic rings. The second-order valence-electron chi connectivity index (χ2n) is 4.21. The van der Waals surface area contributed by atoms with E-state index >= 15 is 0 Å². The number of aromatic nitrogens is 2. The molecule has 0 aliphatic heterocycles. The average Bonchev–Trinajstić information content (AvgIpc) is 3.09. The molecule has 0 saturated carbocycles. The normalized spacial score (nSPS) is 11.8. The van der Waals surface area contributed by atoms with E-state index in [1.165, 1.54) is 0 Å². The van der Waals surface area contributed by atoms with Gasteiger partial charge in [0, 0.05) is 0 Å². The second-order valence-corrected chi connectivity index (χ2v) is 4.21. The van der Waals surface area contributed by atoms with Crippen molar-refractivity contribution in [2.75, 3.05) is 0 Å². The maximum Gasteiger partial charge on any atom is 0.277 e. The van der Waals surface area contributed by atoms with Crippen molar-refractivity contribution in [2.24, 2.45) is 10.2 Å². The van der Waals surface area contributed by atoms with Crippen molar-refractivity contribution in [3.8, 4) is 0 Å². The van der Waals surface area contributed by atoms with Gasteiger partial charge in [0.1, 0.15) is 11.0 Å². The van der Waals surface area contributed by atoms with E-state index in [4.69, 9.17) is 9.05 Å². The summed E-state index contributed by atoms with van der Waals surface area (Å²) in [5.74, 6) is 0.696. The van der Waals surface area contributed by atoms with Gasteiger partial charge in [-0.3, -0.25) is 0 Å². The van der Waals surface area contributed by atoms with E-state index in [0.717, 1.165) is 21.8 Å². The highest BCUT2D eigenvalue weighted by Crippen LogP contribution is 2.30. The molecule has 6 nitrogen and oxygen atoms in total. The molecule has 0 aliphatic rings. The first kappa shape index (κ1) is 10.9. The predicted octanol–water partition coefficient (Wildman–Crippen LogP) is 4.38. The van der Waals surface area contributed by atoms with Crippen LogP contribution in [0, 0.1) is 0 Å². The van der Waals surface area contributed by atoms with Gasteiger partial charge in [0.25, 0.3) is 11.8 Å². The van der Waals surface area contributed by atoms with Crippen molar-refractivity contribution in [3.63, 3.8) is 0 Å². The summed E-state index contributed by atoms with van der Waals surface area (Å²) in [7, 11) is 0. The number of hydrogen-bond acceptors (Lipinski definition) is 6. The van der Waals surface area contributed by atoms with E-state index < -0.39 is 0 Å². The molecule has 0 atom stereocenters. The van der Waals surface area contributed by atoms with Gasteiger partial charge in [-0.1, -0.05) is 34.6 Å². The third-order valence-electron chi connectivity index (χ3n) is 2.96. The van der Waals surface area contributed by atoms with Crippen LogP contribution in [0.15, 0.2) is 67.8 Å². The first-order valence-corrected chi connectivity index (χ1v) is 6.02. The molecule has 0 saturated heterocycles. The zero-order chi connectivity index (χ0) is 13.4. The highest BCUT2D eigenvalue weighted by molar-refractivity contribution is 5.88. The zero-order valence-corrected chi connectivity index (χ0v) is 10.2. The van der Waals surface area contributed by atoms with Gasteiger partial charge in [-0.25, -0.2) is 0 Å². The van der Waals surface area contributed by atoms with Gasteiger partial charge < -0.3 is 9.05 Å². The quantitative estimate of drug-likeness (QED) is 0.503. The van der Waals surface area contributed by atoms with Gasteiger partial charge in [0.15, 0.2) is 0 Å². The Kier molecular flexibility index (Phi) is 2.32. The summed E-state index contributed by atoms with van der Waals surface area (Å²) in [6.07, 6.45) is 0. The minimum atomic E-state index is 0.348. The van der Waals surface area contributed by atoms with Gasteiger partial charge in [0.05, 0.1) is 10.8 Å². The minimum Gasteiger partial charge on any atom is -0.334 e. The Bertz CT molecular complexity index is 847. The van der Waals surface area contributed by atoms with Crippen LogP contribution >= 0.6 is 0 Å². The molecule has 20 heavy (non-hydrogen) atoms. The SMILES string of the molecule is c1ccc2c(N=Nc3onc4ccccc34)onc2c1. The predicted molar refractivity (Wildman–Crippen MR) is 72.2 cm³/mol. The molecular formula is C14H8N4O2. The number of azo groups is 1. The summed E-state index contributed by atoms with van der Waals surface area (Å²) in [4.78, 5) is 0. The number of fused-ring (bicyclic) bond motifs is 2. The number of nitrogens with zero attached hydrogens (tertiary/aromatic N) is 4. The number of hydrogen-bond donors (Lipinski definition) is 0. The average molecular weight is 264 g/mol. The molecule has 0 radical (unpaired) electrons. The fourth-order valence-electron chi connectivity index (χ4n) is 1.99. The Balaban J connectivity index is 1.78. The lowest BCUT2D eigenvalue weighted by Crippen LogP contribution is -1.64. The summed E-state index contributed by atoms with van der Waals surface area (Å²) in [6.45, 7) is 0. The molecule has 0 spiro atoms. The molecule has 6 heteroatoms. The molecule has 2 aromatic carbocycles. The summed E-state index contributed by atoms with van der Waals surface area (Å²) in [5, 5.41) is 17.5. The molecule has 0 fully saturated rings. The van der Waals surface area contributed by atoms with Gasteiger partial charge in [-0.2, -0.15) is 0 Å². The molecule has 0 unspecified atom stereocenters. The first-order chi connectivity index (χ1) is 9.92. The summed E-state index contributed by atoms with van der Waals surface area (Å²) in [5.41, 5.74) is 1.48. The van der Waals surface area contributed by atoms with Crippen LogP contribution in [0.3, 0.4) is 0 Å². The van der Waals surface area contributed by atoms with Crippen molar-refractivity contribution in [1.82, 2.24) is 10.3 Å². The van der Waals surface area contributed by atoms with E-state index in [2.05, 4.69) is 20.5 Å². The van der Waals surface area contributed by atoms with Crippen molar-refractivity contribution in [2.45, 2.75) is 0 Å². The second kappa shape index (κ2) is 4.27. The van der Waals surface area contributed by atoms with Gasteiger partial charge in [-0.15, -0.1) is 10.2 Å². The van der Waals surface area contributed by atoms with E-state index in [1.807, 2.05) is 48.5 Å². The van der Waals surface area contributed by atoms with Gasteiger partial charge in [0.2, 0.25) is 0 Å². The monoisotopic (exact) mass is 264 g/mol. The van der Waals surface area contributed by atoms with Crippen molar-refractivity contribution < 1.29 is 9.05 Å². The fraction of sp³-hybridized carbons (Fsp3) is 0. The molecule has 4 rings (SSSR count). The molecule has 2 heterocycles. The Hall–Kier alpha value is -3.02. The van der Waals surface area contributed by atoms with Crippen LogP contribution in [0.2, 0.25) is 0 Å². The molecule has 96 valence electrons. The van der Waals surface area contributed by atoms with Crippen LogP contribution in [0.1, 0.15) is 0 Å². The third kappa shape index (κ3) is 1.66. The zero-order valence-electron chi connectivity index (χ0n) is 10.2. The third-order valence-corrected chi connectivity index (χ3v) is 2.96. The Morgan fingerprint density at radius 1 is 0.650 bits per heavy atom. The van der Waals surface area contributed by atoms with E-state index in [1.54, 1.807) is 0 Å². The topological polar surface area (TPSA) is 76.8 Å². The lowest BCUT2D eigenvalue weighted by Gasteiger charge is -1.86. The Morgan fingerprint density at radius 3 is 1.60 bits per heavy atom. The van der Waals surface area contributed by atoms with Crippen LogP contribution in [0.4, 0.5) is 11.8 Å². The van der Waals surface area contributed by atoms with Crippen LogP contribution in [-0.4, -0.2) is 10.3 Å². The standard InChI is InChI=1S/C14H8N4O2/c1-3-7-11-9(5-1)13(19-17-11)15-16-14-10-6-2-4-8-12(10)18-20-14/h1-8H. The lowest BCUT2D eigenvalue weighted by molar-refractivity contribution is 0.425. The summed E-state index contributed by atoms with van der Waals surface area (Å²) in [6, 6.07) is 15.0. The molecular weight excluding hydrogens is 256 g/mol. The van der Waals surface area contributed by atoms with E-state index in [0.29, 0.717) is 11.8 Å².